The fraction of sp³-hybridized carbons (Fsp3) is 0.414. The fourth-order valence-corrected chi connectivity index (χ4v) is 5.97. The van der Waals surface area contributed by atoms with Crippen LogP contribution in [0.4, 0.5) is 4.79 Å². The molecule has 2 atom stereocenters. The van der Waals surface area contributed by atoms with Crippen LogP contribution in [0.15, 0.2) is 77.9 Å². The molecule has 2 aromatic carbocycles. The number of nitrogens with zero attached hydrogens (tertiary/aromatic N) is 3. The van der Waals surface area contributed by atoms with Gasteiger partial charge in [-0.3, -0.25) is 9.36 Å². The van der Waals surface area contributed by atoms with Gasteiger partial charge < -0.3 is 15.3 Å². The van der Waals surface area contributed by atoms with Crippen LogP contribution in [0.25, 0.3) is 11.3 Å². The predicted molar refractivity (Wildman–Crippen MR) is 139 cm³/mol. The van der Waals surface area contributed by atoms with E-state index in [1.54, 1.807) is 6.33 Å². The second-order valence-corrected chi connectivity index (χ2v) is 10.4. The number of aromatic nitrogens is 2. The predicted octanol–water partition coefficient (Wildman–Crippen LogP) is 4.38. The minimum absolute atomic E-state index is 0.105. The Morgan fingerprint density at radius 3 is 2.39 bits per heavy atom. The Labute approximate surface area is 211 Å². The lowest BCUT2D eigenvalue weighted by Gasteiger charge is -2.52. The molecule has 3 aromatic rings. The summed E-state index contributed by atoms with van der Waals surface area (Å²) in [6, 6.07) is 20.8. The highest BCUT2D eigenvalue weighted by atomic mass is 16.3. The van der Waals surface area contributed by atoms with E-state index in [1.807, 2.05) is 72.5 Å². The zero-order valence-corrected chi connectivity index (χ0v) is 20.8. The van der Waals surface area contributed by atoms with Gasteiger partial charge in [-0.15, -0.1) is 0 Å². The molecule has 1 spiro atoms. The lowest BCUT2D eigenvalue weighted by atomic mass is 9.66. The molecular weight excluding hydrogens is 452 g/mol. The van der Waals surface area contributed by atoms with E-state index in [4.69, 9.17) is 0 Å². The highest BCUT2D eigenvalue weighted by molar-refractivity contribution is 5.75. The summed E-state index contributed by atoms with van der Waals surface area (Å²) in [5, 5.41) is 15.1. The number of nitrogens with one attached hydrogen (secondary N) is 1. The van der Waals surface area contributed by atoms with Crippen molar-refractivity contribution in [2.24, 2.45) is 5.41 Å². The minimum atomic E-state index is -1.08. The van der Waals surface area contributed by atoms with Crippen LogP contribution in [-0.2, 0) is 6.54 Å². The van der Waals surface area contributed by atoms with Crippen molar-refractivity contribution in [1.29, 1.82) is 0 Å². The van der Waals surface area contributed by atoms with E-state index in [1.165, 1.54) is 10.6 Å². The van der Waals surface area contributed by atoms with Crippen LogP contribution in [-0.4, -0.2) is 44.3 Å². The average molecular weight is 487 g/mol. The summed E-state index contributed by atoms with van der Waals surface area (Å²) in [6.07, 6.45) is 5.67. The van der Waals surface area contributed by atoms with Gasteiger partial charge in [-0.25, -0.2) is 9.78 Å². The van der Waals surface area contributed by atoms with Crippen LogP contribution in [0.1, 0.15) is 50.6 Å². The Bertz CT molecular complexity index is 1250. The molecule has 0 radical (unpaired) electrons. The highest BCUT2D eigenvalue weighted by Crippen LogP contribution is 2.51. The number of hydrogen-bond acceptors (Lipinski definition) is 4. The van der Waals surface area contributed by atoms with Crippen molar-refractivity contribution >= 4 is 6.03 Å². The molecule has 2 aliphatic rings. The molecule has 2 amide bonds. The first-order valence-corrected chi connectivity index (χ1v) is 12.8. The number of carbonyl (C=O) groups is 1. The van der Waals surface area contributed by atoms with Crippen molar-refractivity contribution in [3.63, 3.8) is 0 Å². The number of amides is 2. The van der Waals surface area contributed by atoms with Crippen molar-refractivity contribution in [2.75, 3.05) is 13.1 Å². The van der Waals surface area contributed by atoms with Crippen molar-refractivity contribution in [2.45, 2.75) is 57.2 Å². The van der Waals surface area contributed by atoms with Gasteiger partial charge in [-0.05, 0) is 31.7 Å². The Morgan fingerprint density at radius 2 is 1.72 bits per heavy atom. The average Bonchev–Trinajstić information content (AvgIpc) is 3.38. The SMILES string of the molecule is C[C@H](NC(=O)N1CC[C@@](O)(Cn2cnc(-c3ccccc3)cc2=O)C2(CCCC2)C1)c1ccccc1. The van der Waals surface area contributed by atoms with Gasteiger partial charge in [0.2, 0.25) is 0 Å². The quantitative estimate of drug-likeness (QED) is 0.560. The number of likely N-dealkylation sites (tertiary alicyclic amines) is 1. The fourth-order valence-electron chi connectivity index (χ4n) is 5.97. The van der Waals surface area contributed by atoms with Crippen molar-refractivity contribution in [1.82, 2.24) is 19.8 Å². The number of carbonyl (C=O) groups excluding carboxylic acids is 1. The third-order valence-electron chi connectivity index (χ3n) is 8.14. The first-order valence-electron chi connectivity index (χ1n) is 12.8. The van der Waals surface area contributed by atoms with Gasteiger partial charge >= 0.3 is 6.03 Å². The molecule has 5 rings (SSSR count). The summed E-state index contributed by atoms with van der Waals surface area (Å²) < 4.78 is 1.53. The number of urea groups is 1. The number of rotatable bonds is 5. The van der Waals surface area contributed by atoms with Crippen molar-refractivity contribution < 1.29 is 9.90 Å². The molecule has 0 unspecified atom stereocenters. The molecule has 1 aromatic heterocycles. The molecule has 2 N–H and O–H groups in total. The van der Waals surface area contributed by atoms with E-state index < -0.39 is 11.0 Å². The maximum atomic E-state index is 13.2. The van der Waals surface area contributed by atoms with E-state index in [0.717, 1.165) is 36.8 Å². The summed E-state index contributed by atoms with van der Waals surface area (Å²) in [5.41, 5.74) is 0.875. The number of hydrogen-bond donors (Lipinski definition) is 2. The standard InChI is InChI=1S/C29H34N4O3/c1-22(23-10-4-2-5-11-23)31-27(35)32-17-16-29(36,28(19-32)14-8-9-15-28)20-33-21-30-25(18-26(33)34)24-12-6-3-7-13-24/h2-7,10-13,18,21-22,36H,8-9,14-17,19-20H2,1H3,(H,31,35)/t22-,29+/m0/s1. The summed E-state index contributed by atoms with van der Waals surface area (Å²) in [6.45, 7) is 3.10. The van der Waals surface area contributed by atoms with E-state index in [2.05, 4.69) is 10.3 Å². The van der Waals surface area contributed by atoms with Gasteiger partial charge in [0.15, 0.2) is 0 Å². The normalized spacial score (nSPS) is 21.9. The second kappa shape index (κ2) is 9.90. The van der Waals surface area contributed by atoms with Crippen LogP contribution in [0, 0.1) is 5.41 Å². The first kappa shape index (κ1) is 24.3. The molecule has 7 heteroatoms. The minimum Gasteiger partial charge on any atom is -0.387 e. The zero-order chi connectivity index (χ0) is 25.2. The Balaban J connectivity index is 1.33. The van der Waals surface area contributed by atoms with E-state index >= 15 is 0 Å². The Hall–Kier alpha value is -3.45. The van der Waals surface area contributed by atoms with Crippen LogP contribution in [0.5, 0.6) is 0 Å². The molecule has 2 fully saturated rings. The molecule has 188 valence electrons. The highest BCUT2D eigenvalue weighted by Gasteiger charge is 2.55. The van der Waals surface area contributed by atoms with E-state index in [0.29, 0.717) is 25.2 Å². The third-order valence-corrected chi connectivity index (χ3v) is 8.14. The van der Waals surface area contributed by atoms with E-state index in [9.17, 15) is 14.7 Å². The number of aliphatic hydroxyl groups is 1. The Kier molecular flexibility index (Phi) is 6.67. The first-order chi connectivity index (χ1) is 17.4. The summed E-state index contributed by atoms with van der Waals surface area (Å²) in [5.74, 6) is 0. The van der Waals surface area contributed by atoms with Crippen LogP contribution in [0.2, 0.25) is 0 Å². The largest absolute Gasteiger partial charge is 0.387 e. The lowest BCUT2D eigenvalue weighted by Crippen LogP contribution is -2.63. The molecule has 1 aliphatic heterocycles. The topological polar surface area (TPSA) is 87.5 Å². The number of piperidine rings is 1. The van der Waals surface area contributed by atoms with Gasteiger partial charge in [0.25, 0.3) is 5.56 Å². The number of benzene rings is 2. The third kappa shape index (κ3) is 4.67. The molecule has 1 saturated carbocycles. The van der Waals surface area contributed by atoms with Gasteiger partial charge in [0, 0.05) is 30.1 Å². The van der Waals surface area contributed by atoms with Gasteiger partial charge in [0.1, 0.15) is 0 Å². The summed E-state index contributed by atoms with van der Waals surface area (Å²) in [7, 11) is 0. The molecular formula is C29H34N4O3. The summed E-state index contributed by atoms with van der Waals surface area (Å²) >= 11 is 0. The Morgan fingerprint density at radius 1 is 1.06 bits per heavy atom. The van der Waals surface area contributed by atoms with Crippen LogP contribution in [0.3, 0.4) is 0 Å². The maximum absolute atomic E-state index is 13.2. The van der Waals surface area contributed by atoms with Crippen molar-refractivity contribution in [3.05, 3.63) is 89.0 Å². The molecule has 0 bridgehead atoms. The lowest BCUT2D eigenvalue weighted by molar-refractivity contribution is -0.135. The van der Waals surface area contributed by atoms with Crippen LogP contribution < -0.4 is 10.9 Å². The molecule has 2 heterocycles. The molecule has 1 aliphatic carbocycles. The van der Waals surface area contributed by atoms with Gasteiger partial charge in [-0.1, -0.05) is 73.5 Å². The molecule has 7 nitrogen and oxygen atoms in total. The smallest absolute Gasteiger partial charge is 0.317 e. The molecule has 36 heavy (non-hydrogen) atoms. The monoisotopic (exact) mass is 486 g/mol. The molecule has 1 saturated heterocycles. The second-order valence-electron chi connectivity index (χ2n) is 10.4. The summed E-state index contributed by atoms with van der Waals surface area (Å²) in [4.78, 5) is 32.5. The maximum Gasteiger partial charge on any atom is 0.317 e. The van der Waals surface area contributed by atoms with E-state index in [-0.39, 0.29) is 24.2 Å². The van der Waals surface area contributed by atoms with Gasteiger partial charge in [0.05, 0.1) is 30.2 Å². The zero-order valence-electron chi connectivity index (χ0n) is 20.8. The van der Waals surface area contributed by atoms with Crippen LogP contribution >= 0.6 is 0 Å². The van der Waals surface area contributed by atoms with Gasteiger partial charge in [-0.2, -0.15) is 0 Å². The van der Waals surface area contributed by atoms with Crippen molar-refractivity contribution in [3.8, 4) is 11.3 Å².